The Labute approximate surface area is 108 Å². The quantitative estimate of drug-likeness (QED) is 0.586. The van der Waals surface area contributed by atoms with Crippen LogP contribution >= 0.6 is 0 Å². The summed E-state index contributed by atoms with van der Waals surface area (Å²) < 4.78 is 0. The molecule has 0 heterocycles. The molecule has 0 atom stereocenters. The van der Waals surface area contributed by atoms with Crippen LogP contribution in [-0.2, 0) is 0 Å². The maximum atomic E-state index is 3.36. The van der Waals surface area contributed by atoms with Crippen molar-refractivity contribution in [3.8, 4) is 0 Å². The summed E-state index contributed by atoms with van der Waals surface area (Å²) in [4.78, 5) is 0. The van der Waals surface area contributed by atoms with Crippen LogP contribution < -0.4 is 5.32 Å². The van der Waals surface area contributed by atoms with E-state index in [1.54, 1.807) is 6.08 Å². The van der Waals surface area contributed by atoms with Crippen LogP contribution in [0.5, 0.6) is 0 Å². The molecule has 0 aliphatic carbocycles. The highest BCUT2D eigenvalue weighted by Gasteiger charge is 1.62. The van der Waals surface area contributed by atoms with Crippen molar-refractivity contribution in [3.05, 3.63) is 12.7 Å². The molecule has 0 aliphatic heterocycles. The maximum Gasteiger partial charge on any atom is -0.00775 e. The van der Waals surface area contributed by atoms with Gasteiger partial charge in [-0.05, 0) is 20.0 Å². The van der Waals surface area contributed by atoms with Gasteiger partial charge in [0, 0.05) is 0 Å². The van der Waals surface area contributed by atoms with Gasteiger partial charge in [-0.25, -0.2) is 0 Å². The number of hydrogen-bond donors (Lipinski definition) is 1. The van der Waals surface area contributed by atoms with Gasteiger partial charge in [-0.2, -0.15) is 0 Å². The highest BCUT2D eigenvalue weighted by atomic mass is 14.8. The van der Waals surface area contributed by atoms with Crippen molar-refractivity contribution in [2.75, 3.05) is 13.1 Å². The van der Waals surface area contributed by atoms with E-state index in [4.69, 9.17) is 0 Å². The lowest BCUT2D eigenvalue weighted by Gasteiger charge is -1.86. The Balaban J connectivity index is -0.0000000201. The summed E-state index contributed by atoms with van der Waals surface area (Å²) >= 11 is 0. The van der Waals surface area contributed by atoms with Crippen LogP contribution in [-0.4, -0.2) is 13.1 Å². The molecule has 0 rings (SSSR count). The van der Waals surface area contributed by atoms with Crippen LogP contribution in [0.15, 0.2) is 12.7 Å². The molecule has 16 heavy (non-hydrogen) atoms. The van der Waals surface area contributed by atoms with Gasteiger partial charge in [-0.3, -0.25) is 0 Å². The molecule has 0 saturated carbocycles. The monoisotopic (exact) mass is 235 g/mol. The van der Waals surface area contributed by atoms with E-state index >= 15 is 0 Å². The van der Waals surface area contributed by atoms with Gasteiger partial charge < -0.3 is 5.32 Å². The molecule has 0 amide bonds. The normalized spacial score (nSPS) is 4.94. The molecule has 1 N–H and O–H groups in total. The minimum absolute atomic E-state index is 1.09. The Morgan fingerprint density at radius 1 is 0.750 bits per heavy atom. The first-order valence-electron chi connectivity index (χ1n) is 7.11. The molecule has 0 aromatic rings. The van der Waals surface area contributed by atoms with Crippen molar-refractivity contribution >= 4 is 0 Å². The van der Waals surface area contributed by atoms with Crippen LogP contribution in [0.1, 0.15) is 76.2 Å². The Kier molecular flexibility index (Phi) is 454. The summed E-state index contributed by atoms with van der Waals surface area (Å²) in [7, 11) is 0. The van der Waals surface area contributed by atoms with E-state index in [0.29, 0.717) is 0 Å². The van der Waals surface area contributed by atoms with E-state index in [9.17, 15) is 0 Å². The summed E-state index contributed by atoms with van der Waals surface area (Å²) in [6.45, 7) is 27.6. The van der Waals surface area contributed by atoms with Gasteiger partial charge in [0.2, 0.25) is 0 Å². The standard InChI is InChI=1S/C4H11N.C3H6.4C2H6/c1-3-5-4-2;1-3-2;4*1-2/h5H,3-4H2,1-2H3;3H,1H2,2H3;4*1-2H3. The van der Waals surface area contributed by atoms with Gasteiger partial charge in [0.15, 0.2) is 0 Å². The van der Waals surface area contributed by atoms with E-state index in [-0.39, 0.29) is 0 Å². The lowest BCUT2D eigenvalue weighted by atomic mass is 10.7. The van der Waals surface area contributed by atoms with Crippen LogP contribution in [0, 0.1) is 0 Å². The first kappa shape index (κ1) is 36.1. The summed E-state index contributed by atoms with van der Waals surface area (Å²) in [5.74, 6) is 0. The fraction of sp³-hybridized carbons (Fsp3) is 0.867. The molecule has 0 spiro atoms. The van der Waals surface area contributed by atoms with Crippen molar-refractivity contribution in [3.63, 3.8) is 0 Å². The number of allylic oxidation sites excluding steroid dienone is 1. The number of hydrogen-bond acceptors (Lipinski definition) is 1. The molecule has 0 aromatic carbocycles. The second-order valence-corrected chi connectivity index (χ2v) is 1.37. The average Bonchev–Trinajstić information content (AvgIpc) is 2.41. The number of nitrogens with one attached hydrogen (secondary N) is 1. The van der Waals surface area contributed by atoms with Crippen molar-refractivity contribution in [1.29, 1.82) is 0 Å². The minimum Gasteiger partial charge on any atom is -0.317 e. The lowest BCUT2D eigenvalue weighted by molar-refractivity contribution is 0.762. The first-order valence-corrected chi connectivity index (χ1v) is 7.11. The molecule has 0 unspecified atom stereocenters. The van der Waals surface area contributed by atoms with Crippen molar-refractivity contribution < 1.29 is 0 Å². The zero-order valence-corrected chi connectivity index (χ0v) is 14.2. The van der Waals surface area contributed by atoms with Crippen LogP contribution in [0.3, 0.4) is 0 Å². The molecule has 0 radical (unpaired) electrons. The van der Waals surface area contributed by atoms with E-state index < -0.39 is 0 Å². The molecule has 1 nitrogen and oxygen atoms in total. The molecule has 0 aliphatic rings. The Hall–Kier alpha value is -0.300. The molecular formula is C15H41N. The predicted octanol–water partition coefficient (Wildman–Crippen LogP) is 5.91. The Bertz CT molecular complexity index is 32.4. The third kappa shape index (κ3) is 765. The summed E-state index contributed by atoms with van der Waals surface area (Å²) in [5, 5.41) is 3.11. The molecule has 0 saturated heterocycles. The average molecular weight is 235 g/mol. The van der Waals surface area contributed by atoms with Crippen molar-refractivity contribution in [1.82, 2.24) is 5.32 Å². The molecular weight excluding hydrogens is 194 g/mol. The van der Waals surface area contributed by atoms with Crippen LogP contribution in [0.25, 0.3) is 0 Å². The fourth-order valence-electron chi connectivity index (χ4n) is 0.250. The third-order valence-corrected chi connectivity index (χ3v) is 0.500. The zero-order chi connectivity index (χ0) is 14.8. The SMILES string of the molecule is C=CC.CC.CC.CC.CC.CCNCC. The fourth-order valence-corrected chi connectivity index (χ4v) is 0.250. The van der Waals surface area contributed by atoms with Gasteiger partial charge in [-0.1, -0.05) is 75.3 Å². The predicted molar refractivity (Wildman–Crippen MR) is 85.5 cm³/mol. The second-order valence-electron chi connectivity index (χ2n) is 1.37. The Morgan fingerprint density at radius 2 is 0.875 bits per heavy atom. The zero-order valence-electron chi connectivity index (χ0n) is 14.2. The lowest BCUT2D eigenvalue weighted by Crippen LogP contribution is -2.09. The van der Waals surface area contributed by atoms with Gasteiger partial charge in [0.25, 0.3) is 0 Å². The summed E-state index contributed by atoms with van der Waals surface area (Å²) in [5.41, 5.74) is 0. The Morgan fingerprint density at radius 3 is 0.875 bits per heavy atom. The minimum atomic E-state index is 1.09. The molecule has 1 heteroatoms. The molecule has 0 fully saturated rings. The van der Waals surface area contributed by atoms with Gasteiger partial charge in [-0.15, -0.1) is 6.58 Å². The molecule has 0 bridgehead atoms. The van der Waals surface area contributed by atoms with Crippen molar-refractivity contribution in [2.24, 2.45) is 0 Å². The topological polar surface area (TPSA) is 12.0 Å². The van der Waals surface area contributed by atoms with Gasteiger partial charge in [0.05, 0.1) is 0 Å². The van der Waals surface area contributed by atoms with E-state index in [1.807, 2.05) is 62.3 Å². The summed E-state index contributed by atoms with van der Waals surface area (Å²) in [6.07, 6.45) is 1.75. The largest absolute Gasteiger partial charge is 0.317 e. The van der Waals surface area contributed by atoms with Gasteiger partial charge in [0.1, 0.15) is 0 Å². The highest BCUT2D eigenvalue weighted by Crippen LogP contribution is 1.47. The summed E-state index contributed by atoms with van der Waals surface area (Å²) in [6, 6.07) is 0. The second kappa shape index (κ2) is 202. The van der Waals surface area contributed by atoms with Gasteiger partial charge >= 0.3 is 0 Å². The van der Waals surface area contributed by atoms with E-state index in [0.717, 1.165) is 13.1 Å². The molecule has 106 valence electrons. The highest BCUT2D eigenvalue weighted by molar-refractivity contribution is 4.51. The van der Waals surface area contributed by atoms with Crippen LogP contribution in [0.2, 0.25) is 0 Å². The van der Waals surface area contributed by atoms with Crippen molar-refractivity contribution in [2.45, 2.75) is 76.2 Å². The first-order chi connectivity index (χ1) is 7.83. The molecule has 0 aromatic heterocycles. The van der Waals surface area contributed by atoms with E-state index in [2.05, 4.69) is 25.7 Å². The van der Waals surface area contributed by atoms with E-state index in [1.165, 1.54) is 0 Å². The number of rotatable bonds is 2. The maximum absolute atomic E-state index is 3.36. The third-order valence-electron chi connectivity index (χ3n) is 0.500. The van der Waals surface area contributed by atoms with Crippen LogP contribution in [0.4, 0.5) is 0 Å². The smallest absolute Gasteiger partial charge is 0.00775 e.